The molecule has 4 nitrogen and oxygen atoms in total. The molecule has 1 aromatic carbocycles. The Morgan fingerprint density at radius 1 is 1.44 bits per heavy atom. The van der Waals surface area contributed by atoms with Crippen molar-refractivity contribution in [3.05, 3.63) is 34.9 Å². The van der Waals surface area contributed by atoms with Crippen LogP contribution in [0, 0.1) is 11.3 Å². The van der Waals surface area contributed by atoms with Crippen molar-refractivity contribution in [2.75, 3.05) is 7.11 Å². The molecule has 0 aliphatic carbocycles. The van der Waals surface area contributed by atoms with Crippen molar-refractivity contribution in [3.8, 4) is 6.07 Å². The SMILES string of the molecule is COC(=O)OC(C)(C#N)c1ccc(Cl)cc1. The van der Waals surface area contributed by atoms with Gasteiger partial charge in [0.25, 0.3) is 0 Å². The zero-order chi connectivity index (χ0) is 12.2. The Hall–Kier alpha value is -1.73. The monoisotopic (exact) mass is 239 g/mol. The van der Waals surface area contributed by atoms with Crippen LogP contribution in [0.25, 0.3) is 0 Å². The summed E-state index contributed by atoms with van der Waals surface area (Å²) in [6.07, 6.45) is -0.904. The van der Waals surface area contributed by atoms with Crippen LogP contribution in [-0.2, 0) is 15.1 Å². The molecule has 1 atom stereocenters. The van der Waals surface area contributed by atoms with Gasteiger partial charge in [0.15, 0.2) is 0 Å². The molecule has 0 aliphatic rings. The molecule has 1 unspecified atom stereocenters. The lowest BCUT2D eigenvalue weighted by molar-refractivity contribution is 0.0104. The molecule has 0 saturated heterocycles. The molecule has 0 saturated carbocycles. The third kappa shape index (κ3) is 2.65. The van der Waals surface area contributed by atoms with E-state index in [0.29, 0.717) is 10.6 Å². The summed E-state index contributed by atoms with van der Waals surface area (Å²) in [5.41, 5.74) is -0.845. The number of hydrogen-bond acceptors (Lipinski definition) is 4. The van der Waals surface area contributed by atoms with E-state index in [2.05, 4.69) is 4.74 Å². The van der Waals surface area contributed by atoms with Gasteiger partial charge >= 0.3 is 6.16 Å². The topological polar surface area (TPSA) is 59.3 Å². The maximum Gasteiger partial charge on any atom is 0.509 e. The first-order valence-electron chi connectivity index (χ1n) is 4.46. The van der Waals surface area contributed by atoms with Gasteiger partial charge < -0.3 is 9.47 Å². The fourth-order valence-electron chi connectivity index (χ4n) is 1.12. The summed E-state index contributed by atoms with van der Waals surface area (Å²) < 4.78 is 9.25. The highest BCUT2D eigenvalue weighted by Crippen LogP contribution is 2.26. The number of halogens is 1. The normalized spacial score (nSPS) is 13.4. The molecule has 84 valence electrons. The van der Waals surface area contributed by atoms with Crippen molar-refractivity contribution in [2.24, 2.45) is 0 Å². The number of methoxy groups -OCH3 is 1. The number of nitrogens with zero attached hydrogens (tertiary/aromatic N) is 1. The van der Waals surface area contributed by atoms with Crippen LogP contribution < -0.4 is 0 Å². The summed E-state index contributed by atoms with van der Waals surface area (Å²) in [7, 11) is 1.18. The predicted octanol–water partition coefficient (Wildman–Crippen LogP) is 2.86. The number of hydrogen-bond donors (Lipinski definition) is 0. The molecule has 1 aromatic rings. The van der Waals surface area contributed by atoms with E-state index < -0.39 is 11.8 Å². The summed E-state index contributed by atoms with van der Waals surface area (Å²) in [5, 5.41) is 9.58. The van der Waals surface area contributed by atoms with Crippen molar-refractivity contribution in [3.63, 3.8) is 0 Å². The summed E-state index contributed by atoms with van der Waals surface area (Å²) in [5.74, 6) is 0. The minimum atomic E-state index is -1.38. The van der Waals surface area contributed by atoms with Crippen LogP contribution in [0.15, 0.2) is 24.3 Å². The molecular weight excluding hydrogens is 230 g/mol. The van der Waals surface area contributed by atoms with Gasteiger partial charge in [0, 0.05) is 10.6 Å². The van der Waals surface area contributed by atoms with Gasteiger partial charge in [0.2, 0.25) is 5.60 Å². The fourth-order valence-corrected chi connectivity index (χ4v) is 1.25. The maximum absolute atomic E-state index is 11.0. The molecule has 0 radical (unpaired) electrons. The third-order valence-corrected chi connectivity index (χ3v) is 2.31. The second-order valence-electron chi connectivity index (χ2n) is 3.21. The van der Waals surface area contributed by atoms with E-state index in [9.17, 15) is 4.79 Å². The van der Waals surface area contributed by atoms with Gasteiger partial charge in [-0.25, -0.2) is 4.79 Å². The zero-order valence-electron chi connectivity index (χ0n) is 8.86. The smallest absolute Gasteiger partial charge is 0.438 e. The van der Waals surface area contributed by atoms with Crippen molar-refractivity contribution < 1.29 is 14.3 Å². The van der Waals surface area contributed by atoms with Crippen LogP contribution in [0.3, 0.4) is 0 Å². The van der Waals surface area contributed by atoms with Gasteiger partial charge in [-0.1, -0.05) is 23.7 Å². The fraction of sp³-hybridized carbons (Fsp3) is 0.273. The summed E-state index contributed by atoms with van der Waals surface area (Å²) in [6, 6.07) is 8.39. The third-order valence-electron chi connectivity index (χ3n) is 2.06. The van der Waals surface area contributed by atoms with Crippen molar-refractivity contribution in [2.45, 2.75) is 12.5 Å². The Balaban J connectivity index is 3.01. The van der Waals surface area contributed by atoms with E-state index >= 15 is 0 Å². The van der Waals surface area contributed by atoms with Crippen molar-refractivity contribution in [1.29, 1.82) is 5.26 Å². The average molecular weight is 240 g/mol. The first-order valence-corrected chi connectivity index (χ1v) is 4.84. The summed E-state index contributed by atoms with van der Waals surface area (Å²) >= 11 is 5.72. The highest BCUT2D eigenvalue weighted by atomic mass is 35.5. The second kappa shape index (κ2) is 4.86. The van der Waals surface area contributed by atoms with Crippen LogP contribution in [-0.4, -0.2) is 13.3 Å². The zero-order valence-corrected chi connectivity index (χ0v) is 9.62. The van der Waals surface area contributed by atoms with E-state index in [0.717, 1.165) is 0 Å². The lowest BCUT2D eigenvalue weighted by atomic mass is 9.98. The highest BCUT2D eigenvalue weighted by Gasteiger charge is 2.31. The molecular formula is C11H10ClNO3. The molecule has 16 heavy (non-hydrogen) atoms. The Labute approximate surface area is 98.3 Å². The van der Waals surface area contributed by atoms with E-state index in [1.165, 1.54) is 14.0 Å². The lowest BCUT2D eigenvalue weighted by Crippen LogP contribution is -2.27. The summed E-state index contributed by atoms with van der Waals surface area (Å²) in [4.78, 5) is 11.0. The Morgan fingerprint density at radius 3 is 2.44 bits per heavy atom. The number of benzene rings is 1. The molecule has 0 aromatic heterocycles. The van der Waals surface area contributed by atoms with E-state index in [1.807, 2.05) is 6.07 Å². The minimum absolute atomic E-state index is 0.532. The molecule has 0 N–H and O–H groups in total. The molecule has 0 aliphatic heterocycles. The van der Waals surface area contributed by atoms with Gasteiger partial charge in [-0.15, -0.1) is 0 Å². The van der Waals surface area contributed by atoms with Gasteiger partial charge in [-0.2, -0.15) is 5.26 Å². The van der Waals surface area contributed by atoms with E-state index in [4.69, 9.17) is 21.6 Å². The van der Waals surface area contributed by atoms with Crippen LogP contribution in [0.4, 0.5) is 4.79 Å². The van der Waals surface area contributed by atoms with Crippen molar-refractivity contribution in [1.82, 2.24) is 0 Å². The van der Waals surface area contributed by atoms with Gasteiger partial charge in [-0.3, -0.25) is 0 Å². The first kappa shape index (κ1) is 12.3. The lowest BCUT2D eigenvalue weighted by Gasteiger charge is -2.21. The number of ether oxygens (including phenoxy) is 2. The second-order valence-corrected chi connectivity index (χ2v) is 3.64. The Kier molecular flexibility index (Phi) is 3.75. The first-order chi connectivity index (χ1) is 7.51. The number of carbonyl (C=O) groups is 1. The van der Waals surface area contributed by atoms with E-state index in [-0.39, 0.29) is 0 Å². The van der Waals surface area contributed by atoms with Crippen LogP contribution >= 0.6 is 11.6 Å². The summed E-state index contributed by atoms with van der Waals surface area (Å²) in [6.45, 7) is 1.48. The standard InChI is InChI=1S/C11H10ClNO3/c1-11(7-13,16-10(14)15-2)8-3-5-9(12)6-4-8/h3-6H,1-2H3. The van der Waals surface area contributed by atoms with Crippen LogP contribution in [0.2, 0.25) is 5.02 Å². The van der Waals surface area contributed by atoms with Crippen LogP contribution in [0.5, 0.6) is 0 Å². The highest BCUT2D eigenvalue weighted by molar-refractivity contribution is 6.30. The predicted molar refractivity (Wildman–Crippen MR) is 57.9 cm³/mol. The van der Waals surface area contributed by atoms with Gasteiger partial charge in [-0.05, 0) is 19.1 Å². The molecule has 1 rings (SSSR count). The van der Waals surface area contributed by atoms with Crippen molar-refractivity contribution >= 4 is 17.8 Å². The van der Waals surface area contributed by atoms with Crippen LogP contribution in [0.1, 0.15) is 12.5 Å². The number of carbonyl (C=O) groups excluding carboxylic acids is 1. The van der Waals surface area contributed by atoms with Gasteiger partial charge in [0.05, 0.1) is 7.11 Å². The molecule has 0 spiro atoms. The molecule has 5 heteroatoms. The number of rotatable bonds is 2. The van der Waals surface area contributed by atoms with Gasteiger partial charge in [0.1, 0.15) is 6.07 Å². The average Bonchev–Trinajstić information content (AvgIpc) is 2.29. The molecule has 0 amide bonds. The van der Waals surface area contributed by atoms with E-state index in [1.54, 1.807) is 24.3 Å². The Morgan fingerprint density at radius 2 is 2.00 bits per heavy atom. The quantitative estimate of drug-likeness (QED) is 0.745. The molecule has 0 bridgehead atoms. The number of nitriles is 1. The minimum Gasteiger partial charge on any atom is -0.438 e. The Bertz CT molecular complexity index is 424. The molecule has 0 fully saturated rings. The maximum atomic E-state index is 11.0. The molecule has 0 heterocycles. The largest absolute Gasteiger partial charge is 0.509 e.